The predicted molar refractivity (Wildman–Crippen MR) is 109 cm³/mol. The van der Waals surface area contributed by atoms with E-state index < -0.39 is 5.60 Å². The molecule has 2 aliphatic heterocycles. The first-order valence-electron chi connectivity index (χ1n) is 10.1. The van der Waals surface area contributed by atoms with E-state index in [1.165, 1.54) is 25.1 Å². The molecule has 0 atom stereocenters. The lowest BCUT2D eigenvalue weighted by atomic mass is 9.83. The monoisotopic (exact) mass is 405 g/mol. The third kappa shape index (κ3) is 3.23. The van der Waals surface area contributed by atoms with Gasteiger partial charge < -0.3 is 14.4 Å². The number of ether oxygens (including phenoxy) is 2. The number of carbonyl (C=O) groups is 1. The Kier molecular flexibility index (Phi) is 4.71. The van der Waals surface area contributed by atoms with Gasteiger partial charge in [0, 0.05) is 31.7 Å². The first-order valence-corrected chi connectivity index (χ1v) is 10.1. The number of amides is 1. The van der Waals surface area contributed by atoms with E-state index in [1.807, 2.05) is 39.9 Å². The zero-order valence-corrected chi connectivity index (χ0v) is 16.8. The second-order valence-corrected chi connectivity index (χ2v) is 7.63. The lowest BCUT2D eigenvalue weighted by molar-refractivity contribution is -0.0963. The van der Waals surface area contributed by atoms with Crippen LogP contribution >= 0.6 is 0 Å². The highest BCUT2D eigenvalue weighted by Gasteiger charge is 2.44. The van der Waals surface area contributed by atoms with Gasteiger partial charge in [-0.1, -0.05) is 18.2 Å². The topological polar surface area (TPSA) is 82.4 Å². The van der Waals surface area contributed by atoms with Crippen LogP contribution in [0, 0.1) is 0 Å². The maximum atomic E-state index is 12.8. The summed E-state index contributed by atoms with van der Waals surface area (Å²) in [4.78, 5) is 22.8. The van der Waals surface area contributed by atoms with Crippen LogP contribution < -0.4 is 4.74 Å². The van der Waals surface area contributed by atoms with Crippen LogP contribution in [0.5, 0.6) is 6.01 Å². The molecule has 1 aromatic carbocycles. The molecule has 3 aromatic rings. The second kappa shape index (κ2) is 7.53. The Balaban J connectivity index is 1.35. The minimum absolute atomic E-state index is 0.0710. The van der Waals surface area contributed by atoms with Crippen LogP contribution in [0.25, 0.3) is 5.69 Å². The summed E-state index contributed by atoms with van der Waals surface area (Å²) in [5.74, 6) is -0.0710. The highest BCUT2D eigenvalue weighted by molar-refractivity contribution is 5.93. The maximum Gasteiger partial charge on any atom is 0.316 e. The molecule has 0 radical (unpaired) electrons. The molecule has 8 nitrogen and oxygen atoms in total. The number of piperidine rings is 1. The van der Waals surface area contributed by atoms with Crippen LogP contribution in [0.1, 0.15) is 34.5 Å². The van der Waals surface area contributed by atoms with E-state index in [4.69, 9.17) is 14.6 Å². The molecule has 30 heavy (non-hydrogen) atoms. The highest BCUT2D eigenvalue weighted by atomic mass is 16.5. The SMILES string of the molecule is COc1ncc(C(=O)N2CCC3(CC2)OCCc2cn(-c4ccccc4)nc23)cn1. The fourth-order valence-electron chi connectivity index (χ4n) is 4.28. The Morgan fingerprint density at radius 3 is 2.57 bits per heavy atom. The zero-order chi connectivity index (χ0) is 20.6. The molecule has 5 rings (SSSR count). The first-order chi connectivity index (χ1) is 14.7. The molecule has 0 N–H and O–H groups in total. The van der Waals surface area contributed by atoms with E-state index >= 15 is 0 Å². The summed E-state index contributed by atoms with van der Waals surface area (Å²) >= 11 is 0. The highest BCUT2D eigenvalue weighted by Crippen LogP contribution is 2.41. The van der Waals surface area contributed by atoms with E-state index in [1.54, 1.807) is 0 Å². The number of hydrogen-bond acceptors (Lipinski definition) is 6. The summed E-state index contributed by atoms with van der Waals surface area (Å²) in [5, 5.41) is 4.90. The van der Waals surface area contributed by atoms with Crippen LogP contribution in [0.3, 0.4) is 0 Å². The van der Waals surface area contributed by atoms with Crippen molar-refractivity contribution in [1.29, 1.82) is 0 Å². The van der Waals surface area contributed by atoms with Crippen molar-refractivity contribution in [2.75, 3.05) is 26.8 Å². The van der Waals surface area contributed by atoms with E-state index in [9.17, 15) is 4.79 Å². The fraction of sp³-hybridized carbons (Fsp3) is 0.364. The molecule has 4 heterocycles. The number of benzene rings is 1. The normalized spacial score (nSPS) is 17.6. The second-order valence-electron chi connectivity index (χ2n) is 7.63. The van der Waals surface area contributed by atoms with Gasteiger partial charge in [0.1, 0.15) is 5.60 Å². The summed E-state index contributed by atoms with van der Waals surface area (Å²) < 4.78 is 13.2. The summed E-state index contributed by atoms with van der Waals surface area (Å²) in [7, 11) is 1.50. The summed E-state index contributed by atoms with van der Waals surface area (Å²) in [5.41, 5.74) is 3.31. The van der Waals surface area contributed by atoms with E-state index in [0.29, 0.717) is 38.1 Å². The number of aromatic nitrogens is 4. The number of para-hydroxylation sites is 1. The van der Waals surface area contributed by atoms with E-state index in [0.717, 1.165) is 17.8 Å². The Hall–Kier alpha value is -3.26. The van der Waals surface area contributed by atoms with E-state index in [-0.39, 0.29) is 11.9 Å². The lowest BCUT2D eigenvalue weighted by Crippen LogP contribution is -2.48. The minimum Gasteiger partial charge on any atom is -0.467 e. The molecule has 1 spiro atoms. The minimum atomic E-state index is -0.430. The standard InChI is InChI=1S/C22H23N5O3/c1-29-21-23-13-17(14-24-21)20(28)26-10-8-22(9-11-26)19-16(7-12-30-22)15-27(25-19)18-5-3-2-4-6-18/h2-6,13-15H,7-12H2,1H3. The molecular formula is C22H23N5O3. The van der Waals surface area contributed by atoms with Gasteiger partial charge in [-0.25, -0.2) is 14.6 Å². The van der Waals surface area contributed by atoms with Gasteiger partial charge in [0.15, 0.2) is 0 Å². The number of carbonyl (C=O) groups excluding carboxylic acids is 1. The fourth-order valence-corrected chi connectivity index (χ4v) is 4.28. The average Bonchev–Trinajstić information content (AvgIpc) is 3.26. The van der Waals surface area contributed by atoms with Gasteiger partial charge in [-0.3, -0.25) is 4.79 Å². The van der Waals surface area contributed by atoms with Gasteiger partial charge in [0.05, 0.1) is 30.7 Å². The quantitative estimate of drug-likeness (QED) is 0.665. The van der Waals surface area contributed by atoms with Crippen molar-refractivity contribution in [3.05, 3.63) is 65.7 Å². The molecule has 154 valence electrons. The van der Waals surface area contributed by atoms with Crippen LogP contribution in [0.2, 0.25) is 0 Å². The Bertz CT molecular complexity index is 1040. The van der Waals surface area contributed by atoms with Gasteiger partial charge in [0.25, 0.3) is 5.91 Å². The smallest absolute Gasteiger partial charge is 0.316 e. The average molecular weight is 405 g/mol. The number of nitrogens with zero attached hydrogens (tertiary/aromatic N) is 5. The lowest BCUT2D eigenvalue weighted by Gasteiger charge is -2.42. The summed E-state index contributed by atoms with van der Waals surface area (Å²) in [6, 6.07) is 10.4. The molecule has 1 saturated heterocycles. The summed E-state index contributed by atoms with van der Waals surface area (Å²) in [6.45, 7) is 1.87. The van der Waals surface area contributed by atoms with Crippen molar-refractivity contribution >= 4 is 5.91 Å². The van der Waals surface area contributed by atoms with Crippen LogP contribution in [0.4, 0.5) is 0 Å². The van der Waals surface area contributed by atoms with Gasteiger partial charge in [-0.2, -0.15) is 5.10 Å². The van der Waals surface area contributed by atoms with Crippen molar-refractivity contribution in [3.8, 4) is 11.7 Å². The summed E-state index contributed by atoms with van der Waals surface area (Å²) in [6.07, 6.45) is 7.42. The van der Waals surface area contributed by atoms with Gasteiger partial charge in [-0.15, -0.1) is 0 Å². The van der Waals surface area contributed by atoms with Crippen LogP contribution in [-0.4, -0.2) is 57.4 Å². The van der Waals surface area contributed by atoms with Crippen molar-refractivity contribution < 1.29 is 14.3 Å². The number of methoxy groups -OCH3 is 1. The molecular weight excluding hydrogens is 382 g/mol. The third-order valence-electron chi connectivity index (χ3n) is 5.91. The largest absolute Gasteiger partial charge is 0.467 e. The van der Waals surface area contributed by atoms with Gasteiger partial charge >= 0.3 is 6.01 Å². The van der Waals surface area contributed by atoms with Crippen LogP contribution in [-0.2, 0) is 16.8 Å². The van der Waals surface area contributed by atoms with Crippen LogP contribution in [0.15, 0.2) is 48.9 Å². The Morgan fingerprint density at radius 1 is 1.13 bits per heavy atom. The van der Waals surface area contributed by atoms with Crippen molar-refractivity contribution in [1.82, 2.24) is 24.6 Å². The zero-order valence-electron chi connectivity index (χ0n) is 16.8. The molecule has 8 heteroatoms. The number of rotatable bonds is 3. The third-order valence-corrected chi connectivity index (χ3v) is 5.91. The van der Waals surface area contributed by atoms with Crippen molar-refractivity contribution in [2.45, 2.75) is 24.9 Å². The first kappa shape index (κ1) is 18.7. The van der Waals surface area contributed by atoms with Crippen molar-refractivity contribution in [3.63, 3.8) is 0 Å². The van der Waals surface area contributed by atoms with E-state index in [2.05, 4.69) is 16.2 Å². The molecule has 0 aliphatic carbocycles. The Morgan fingerprint density at radius 2 is 1.87 bits per heavy atom. The molecule has 2 aromatic heterocycles. The molecule has 0 saturated carbocycles. The molecule has 1 fully saturated rings. The predicted octanol–water partition coefficient (Wildman–Crippen LogP) is 2.38. The molecule has 1 amide bonds. The van der Waals surface area contributed by atoms with Crippen molar-refractivity contribution in [2.24, 2.45) is 0 Å². The van der Waals surface area contributed by atoms with Gasteiger partial charge in [0.2, 0.25) is 0 Å². The number of hydrogen-bond donors (Lipinski definition) is 0. The maximum absolute atomic E-state index is 12.8. The van der Waals surface area contributed by atoms with Gasteiger partial charge in [-0.05, 0) is 37.0 Å². The number of fused-ring (bicyclic) bond motifs is 2. The Labute approximate surface area is 174 Å². The molecule has 2 aliphatic rings. The number of likely N-dealkylation sites (tertiary alicyclic amines) is 1. The molecule has 0 bridgehead atoms. The molecule has 0 unspecified atom stereocenters.